The molecule has 0 spiro atoms. The number of ether oxygens (including phenoxy) is 1. The summed E-state index contributed by atoms with van der Waals surface area (Å²) in [4.78, 5) is 28.6. The van der Waals surface area contributed by atoms with Gasteiger partial charge in [0.25, 0.3) is 16.0 Å². The number of carbonyl (C=O) groups excluding carboxylic acids is 2. The molecule has 11 heteroatoms. The lowest BCUT2D eigenvalue weighted by atomic mass is 9.86. The third kappa shape index (κ3) is 7.86. The fourth-order valence-corrected chi connectivity index (χ4v) is 5.25. The smallest absolute Gasteiger partial charge is 0.295 e. The molecule has 3 N–H and O–H groups in total. The zero-order valence-electron chi connectivity index (χ0n) is 22.5. The predicted octanol–water partition coefficient (Wildman–Crippen LogP) is 4.61. The second-order valence-corrected chi connectivity index (χ2v) is 10.9. The highest BCUT2D eigenvalue weighted by Gasteiger charge is 2.22. The summed E-state index contributed by atoms with van der Waals surface area (Å²) in [6.45, 7) is 4.81. The molecule has 0 aliphatic heterocycles. The maximum atomic E-state index is 12.5. The SMILES string of the molecule is C=CCc1c(OCCCCNC(=O)c2ccc(N/N=C/c3ccccc3S(=O)(=O)O)nc2)ccc2c1CCCC2=O. The van der Waals surface area contributed by atoms with E-state index in [9.17, 15) is 22.6 Å². The van der Waals surface area contributed by atoms with Crippen LogP contribution in [0.25, 0.3) is 0 Å². The molecule has 0 fully saturated rings. The largest absolute Gasteiger partial charge is 0.493 e. The number of amides is 1. The van der Waals surface area contributed by atoms with Crippen LogP contribution >= 0.6 is 0 Å². The van der Waals surface area contributed by atoms with Gasteiger partial charge >= 0.3 is 0 Å². The minimum atomic E-state index is -4.38. The van der Waals surface area contributed by atoms with Gasteiger partial charge in [0, 0.05) is 35.9 Å². The van der Waals surface area contributed by atoms with Crippen molar-refractivity contribution in [3.05, 3.63) is 95.2 Å². The fraction of sp³-hybridized carbons (Fsp3) is 0.267. The van der Waals surface area contributed by atoms with Crippen molar-refractivity contribution in [2.75, 3.05) is 18.6 Å². The molecular weight excluding hydrogens is 544 g/mol. The van der Waals surface area contributed by atoms with Crippen LogP contribution in [-0.2, 0) is 23.0 Å². The number of hydrazone groups is 1. The van der Waals surface area contributed by atoms with Gasteiger partial charge in [-0.2, -0.15) is 13.5 Å². The van der Waals surface area contributed by atoms with Crippen molar-refractivity contribution in [1.82, 2.24) is 10.3 Å². The van der Waals surface area contributed by atoms with Gasteiger partial charge in [0.05, 0.1) is 18.4 Å². The number of hydrogen-bond donors (Lipinski definition) is 3. The molecule has 1 aliphatic carbocycles. The van der Waals surface area contributed by atoms with E-state index in [1.807, 2.05) is 18.2 Å². The number of benzene rings is 2. The Morgan fingerprint density at radius 1 is 1.12 bits per heavy atom. The Morgan fingerprint density at radius 2 is 1.95 bits per heavy atom. The Balaban J connectivity index is 1.21. The van der Waals surface area contributed by atoms with E-state index in [0.29, 0.717) is 37.4 Å². The van der Waals surface area contributed by atoms with Gasteiger partial charge in [0.15, 0.2) is 5.78 Å². The highest BCUT2D eigenvalue weighted by atomic mass is 32.2. The Labute approximate surface area is 239 Å². The fourth-order valence-electron chi connectivity index (χ4n) is 4.58. The van der Waals surface area contributed by atoms with E-state index in [4.69, 9.17) is 4.74 Å². The van der Waals surface area contributed by atoms with Crippen molar-refractivity contribution in [3.8, 4) is 5.75 Å². The molecule has 0 bridgehead atoms. The Morgan fingerprint density at radius 3 is 2.71 bits per heavy atom. The first-order valence-corrected chi connectivity index (χ1v) is 14.7. The van der Waals surface area contributed by atoms with E-state index in [1.54, 1.807) is 18.2 Å². The van der Waals surface area contributed by atoms with E-state index in [2.05, 4.69) is 27.4 Å². The molecule has 1 amide bonds. The number of hydrogen-bond acceptors (Lipinski definition) is 8. The van der Waals surface area contributed by atoms with Gasteiger partial charge in [0.1, 0.15) is 16.5 Å². The highest BCUT2D eigenvalue weighted by molar-refractivity contribution is 7.86. The standard InChI is InChI=1S/C30H32N4O6S/c1-2-8-25-23-10-7-11-26(35)24(23)14-15-27(25)40-18-6-5-17-31-30(36)22-13-16-29(32-19-22)34-33-20-21-9-3-4-12-28(21)41(37,38)39/h2-4,9,12-16,19-20H,1,5-8,10-11,17-18H2,(H,31,36)(H,32,34)(H,37,38,39)/b33-20+. The van der Waals surface area contributed by atoms with Crippen molar-refractivity contribution in [1.29, 1.82) is 0 Å². The van der Waals surface area contributed by atoms with Gasteiger partial charge in [-0.25, -0.2) is 4.98 Å². The summed E-state index contributed by atoms with van der Waals surface area (Å²) >= 11 is 0. The molecule has 0 atom stereocenters. The zero-order valence-corrected chi connectivity index (χ0v) is 23.3. The lowest BCUT2D eigenvalue weighted by Crippen LogP contribution is -2.24. The van der Waals surface area contributed by atoms with E-state index in [-0.39, 0.29) is 22.1 Å². The third-order valence-electron chi connectivity index (χ3n) is 6.59. The minimum Gasteiger partial charge on any atom is -0.493 e. The minimum absolute atomic E-state index is 0.188. The topological polar surface area (TPSA) is 147 Å². The van der Waals surface area contributed by atoms with Crippen LogP contribution < -0.4 is 15.5 Å². The Kier molecular flexibility index (Phi) is 9.99. The van der Waals surface area contributed by atoms with Crippen LogP contribution in [0.4, 0.5) is 5.82 Å². The number of aromatic nitrogens is 1. The number of pyridine rings is 1. The average Bonchev–Trinajstić information content (AvgIpc) is 2.96. The molecule has 1 aliphatic rings. The summed E-state index contributed by atoms with van der Waals surface area (Å²) in [5, 5.41) is 6.82. The van der Waals surface area contributed by atoms with Crippen molar-refractivity contribution in [3.63, 3.8) is 0 Å². The maximum absolute atomic E-state index is 12.5. The number of allylic oxidation sites excluding steroid dienone is 1. The molecule has 10 nitrogen and oxygen atoms in total. The average molecular weight is 577 g/mol. The molecule has 1 aromatic heterocycles. The molecular formula is C30H32N4O6S. The first kappa shape index (κ1) is 29.6. The van der Waals surface area contributed by atoms with Crippen LogP contribution in [0.3, 0.4) is 0 Å². The van der Waals surface area contributed by atoms with Crippen molar-refractivity contribution >= 4 is 33.8 Å². The van der Waals surface area contributed by atoms with Crippen LogP contribution in [0.1, 0.15) is 63.1 Å². The van der Waals surface area contributed by atoms with E-state index < -0.39 is 10.1 Å². The van der Waals surface area contributed by atoms with Crippen molar-refractivity contribution < 1.29 is 27.3 Å². The summed E-state index contributed by atoms with van der Waals surface area (Å²) in [6.07, 6.45) is 8.92. The van der Waals surface area contributed by atoms with E-state index >= 15 is 0 Å². The first-order valence-electron chi connectivity index (χ1n) is 13.3. The van der Waals surface area contributed by atoms with E-state index in [0.717, 1.165) is 48.1 Å². The van der Waals surface area contributed by atoms with Crippen LogP contribution in [0.15, 0.2) is 77.4 Å². The van der Waals surface area contributed by atoms with Crippen molar-refractivity contribution in [2.45, 2.75) is 43.4 Å². The van der Waals surface area contributed by atoms with Gasteiger partial charge in [-0.1, -0.05) is 24.3 Å². The van der Waals surface area contributed by atoms with Crippen LogP contribution in [0.2, 0.25) is 0 Å². The van der Waals surface area contributed by atoms with E-state index in [1.165, 1.54) is 30.6 Å². The Bertz CT molecular complexity index is 1550. The molecule has 0 unspecified atom stereocenters. The number of ketones is 1. The molecule has 3 aromatic rings. The first-order chi connectivity index (χ1) is 19.8. The number of nitrogens with zero attached hydrogens (tertiary/aromatic N) is 2. The van der Waals surface area contributed by atoms with Crippen molar-refractivity contribution in [2.24, 2.45) is 5.10 Å². The van der Waals surface area contributed by atoms with Gasteiger partial charge in [-0.15, -0.1) is 6.58 Å². The van der Waals surface area contributed by atoms with Crippen LogP contribution in [0, 0.1) is 0 Å². The molecule has 41 heavy (non-hydrogen) atoms. The predicted molar refractivity (Wildman–Crippen MR) is 156 cm³/mol. The summed E-state index contributed by atoms with van der Waals surface area (Å²) in [5.74, 6) is 1.06. The lowest BCUT2D eigenvalue weighted by Gasteiger charge is -2.21. The molecule has 214 valence electrons. The summed E-state index contributed by atoms with van der Waals surface area (Å²) in [5.41, 5.74) is 6.17. The van der Waals surface area contributed by atoms with Crippen LogP contribution in [0.5, 0.6) is 5.75 Å². The van der Waals surface area contributed by atoms with Gasteiger partial charge in [0.2, 0.25) is 0 Å². The molecule has 2 aromatic carbocycles. The summed E-state index contributed by atoms with van der Waals surface area (Å²) in [7, 11) is -4.38. The number of unbranched alkanes of at least 4 members (excludes halogenated alkanes) is 1. The van der Waals surface area contributed by atoms with Gasteiger partial charge < -0.3 is 10.1 Å². The number of nitrogens with one attached hydrogen (secondary N) is 2. The lowest BCUT2D eigenvalue weighted by molar-refractivity contribution is 0.0949. The number of rotatable bonds is 13. The summed E-state index contributed by atoms with van der Waals surface area (Å²) < 4.78 is 38.3. The Hall–Kier alpha value is -4.35. The van der Waals surface area contributed by atoms with Gasteiger partial charge in [-0.05, 0) is 68.0 Å². The quantitative estimate of drug-likeness (QED) is 0.0879. The summed E-state index contributed by atoms with van der Waals surface area (Å²) in [6, 6.07) is 12.8. The number of Topliss-reactive ketones (excluding diaryl/α,β-unsaturated/α-hetero) is 1. The number of anilines is 1. The molecule has 0 saturated carbocycles. The normalized spacial score (nSPS) is 13.0. The zero-order chi connectivity index (χ0) is 29.2. The monoisotopic (exact) mass is 576 g/mol. The maximum Gasteiger partial charge on any atom is 0.295 e. The highest BCUT2D eigenvalue weighted by Crippen LogP contribution is 2.32. The van der Waals surface area contributed by atoms with Gasteiger partial charge in [-0.3, -0.25) is 19.6 Å². The molecule has 1 heterocycles. The number of carbonyl (C=O) groups is 2. The van der Waals surface area contributed by atoms with Crippen LogP contribution in [-0.4, -0.2) is 49.0 Å². The second kappa shape index (κ2) is 13.8. The number of fused-ring (bicyclic) bond motifs is 1. The second-order valence-electron chi connectivity index (χ2n) is 9.46. The molecule has 0 saturated heterocycles. The third-order valence-corrected chi connectivity index (χ3v) is 7.51. The molecule has 0 radical (unpaired) electrons. The molecule has 4 rings (SSSR count).